The number of nitrogens with two attached hydrogens (primary N) is 1. The number of hydrogen-bond acceptors (Lipinski definition) is 6. The second kappa shape index (κ2) is 9.83. The molecule has 2 aromatic rings. The molecule has 1 fully saturated rings. The van der Waals surface area contributed by atoms with Gasteiger partial charge in [-0.2, -0.15) is 0 Å². The Balaban J connectivity index is 1.32. The number of fused-ring (bicyclic) bond motifs is 1. The Kier molecular flexibility index (Phi) is 6.91. The van der Waals surface area contributed by atoms with Gasteiger partial charge in [-0.3, -0.25) is 19.3 Å². The number of nitrogens with zero attached hydrogens (tertiary/aromatic N) is 1. The van der Waals surface area contributed by atoms with Gasteiger partial charge in [-0.25, -0.2) is 0 Å². The lowest BCUT2D eigenvalue weighted by Gasteiger charge is -2.30. The van der Waals surface area contributed by atoms with E-state index in [1.807, 2.05) is 0 Å². The van der Waals surface area contributed by atoms with Crippen LogP contribution in [-0.2, 0) is 17.6 Å². The first-order chi connectivity index (χ1) is 15.5. The molecule has 0 spiro atoms. The van der Waals surface area contributed by atoms with E-state index in [4.69, 9.17) is 10.5 Å². The number of aryl methyl sites for hydroxylation is 1. The van der Waals surface area contributed by atoms with Crippen LogP contribution in [0, 0.1) is 5.92 Å². The number of carbonyl (C=O) groups is 3. The number of thiophene rings is 1. The molecular formula is C24H29N3O4S. The lowest BCUT2D eigenvalue weighted by Crippen LogP contribution is -2.40. The van der Waals surface area contributed by atoms with Crippen molar-refractivity contribution in [3.8, 4) is 5.75 Å². The topological polar surface area (TPSA) is 102 Å². The van der Waals surface area contributed by atoms with E-state index in [9.17, 15) is 14.4 Å². The Morgan fingerprint density at radius 1 is 1.12 bits per heavy atom. The van der Waals surface area contributed by atoms with Crippen molar-refractivity contribution in [3.05, 3.63) is 45.8 Å². The van der Waals surface area contributed by atoms with Crippen LogP contribution in [0.1, 0.15) is 56.8 Å². The van der Waals surface area contributed by atoms with Crippen molar-refractivity contribution < 1.29 is 19.1 Å². The molecule has 2 heterocycles. The van der Waals surface area contributed by atoms with Crippen molar-refractivity contribution in [1.82, 2.24) is 4.90 Å². The third kappa shape index (κ3) is 4.86. The highest BCUT2D eigenvalue weighted by Crippen LogP contribution is 2.38. The van der Waals surface area contributed by atoms with Gasteiger partial charge in [-0.1, -0.05) is 0 Å². The molecule has 1 aromatic carbocycles. The minimum atomic E-state index is -0.474. The van der Waals surface area contributed by atoms with Gasteiger partial charge < -0.3 is 15.8 Å². The summed E-state index contributed by atoms with van der Waals surface area (Å²) >= 11 is 1.48. The van der Waals surface area contributed by atoms with Gasteiger partial charge in [-0.15, -0.1) is 11.3 Å². The van der Waals surface area contributed by atoms with Gasteiger partial charge in [0.05, 0.1) is 19.2 Å². The molecule has 0 bridgehead atoms. The fourth-order valence-electron chi connectivity index (χ4n) is 4.63. The second-order valence-electron chi connectivity index (χ2n) is 8.47. The lowest BCUT2D eigenvalue weighted by atomic mass is 9.89. The molecule has 1 aliphatic carbocycles. The first-order valence-electron chi connectivity index (χ1n) is 11.1. The zero-order valence-corrected chi connectivity index (χ0v) is 19.1. The second-order valence-corrected chi connectivity index (χ2v) is 9.58. The molecule has 0 unspecified atom stereocenters. The monoisotopic (exact) mass is 455 g/mol. The van der Waals surface area contributed by atoms with Crippen LogP contribution in [0.3, 0.4) is 0 Å². The summed E-state index contributed by atoms with van der Waals surface area (Å²) in [6.45, 7) is 1.61. The molecule has 2 aliphatic rings. The third-order valence-corrected chi connectivity index (χ3v) is 7.58. The Hall–Kier alpha value is -2.71. The molecular weight excluding hydrogens is 426 g/mol. The smallest absolute Gasteiger partial charge is 0.251 e. The van der Waals surface area contributed by atoms with Crippen molar-refractivity contribution in [2.24, 2.45) is 11.7 Å². The molecule has 1 saturated heterocycles. The van der Waals surface area contributed by atoms with E-state index in [0.29, 0.717) is 29.2 Å². The van der Waals surface area contributed by atoms with E-state index in [2.05, 4.69) is 10.2 Å². The van der Waals surface area contributed by atoms with Crippen LogP contribution in [0.5, 0.6) is 5.75 Å². The van der Waals surface area contributed by atoms with Crippen molar-refractivity contribution >= 4 is 33.9 Å². The summed E-state index contributed by atoms with van der Waals surface area (Å²) in [5.41, 5.74) is 7.82. The molecule has 2 amide bonds. The number of carbonyl (C=O) groups excluding carboxylic acids is 3. The molecule has 1 aliphatic heterocycles. The number of likely N-dealkylation sites (tertiary alicyclic amines) is 1. The highest BCUT2D eigenvalue weighted by atomic mass is 32.1. The van der Waals surface area contributed by atoms with Crippen molar-refractivity contribution in [2.45, 2.75) is 38.5 Å². The number of piperidine rings is 1. The highest BCUT2D eigenvalue weighted by molar-refractivity contribution is 7.17. The predicted octanol–water partition coefficient (Wildman–Crippen LogP) is 3.27. The van der Waals surface area contributed by atoms with Crippen LogP contribution in [0.4, 0.5) is 5.00 Å². The maximum atomic E-state index is 12.8. The van der Waals surface area contributed by atoms with E-state index in [0.717, 1.165) is 49.8 Å². The fourth-order valence-corrected chi connectivity index (χ4v) is 5.94. The van der Waals surface area contributed by atoms with Gasteiger partial charge in [-0.05, 0) is 81.4 Å². The summed E-state index contributed by atoms with van der Waals surface area (Å²) < 4.78 is 5.15. The average Bonchev–Trinajstić information content (AvgIpc) is 3.17. The molecule has 4 rings (SSSR count). The molecule has 0 saturated carbocycles. The predicted molar refractivity (Wildman–Crippen MR) is 125 cm³/mol. The van der Waals surface area contributed by atoms with E-state index < -0.39 is 5.91 Å². The number of ether oxygens (including phenoxy) is 1. The van der Waals surface area contributed by atoms with E-state index in [1.54, 1.807) is 31.4 Å². The van der Waals surface area contributed by atoms with Crippen molar-refractivity contribution in [1.29, 1.82) is 0 Å². The van der Waals surface area contributed by atoms with Crippen LogP contribution < -0.4 is 15.8 Å². The zero-order valence-electron chi connectivity index (χ0n) is 18.3. The third-order valence-electron chi connectivity index (χ3n) is 6.37. The highest BCUT2D eigenvalue weighted by Gasteiger charge is 2.28. The summed E-state index contributed by atoms with van der Waals surface area (Å²) in [7, 11) is 1.60. The Labute approximate surface area is 191 Å². The van der Waals surface area contributed by atoms with Gasteiger partial charge >= 0.3 is 0 Å². The normalized spacial score (nSPS) is 16.9. The summed E-state index contributed by atoms with van der Waals surface area (Å²) in [6.07, 6.45) is 5.36. The maximum Gasteiger partial charge on any atom is 0.251 e. The zero-order chi connectivity index (χ0) is 22.7. The molecule has 170 valence electrons. The largest absolute Gasteiger partial charge is 0.497 e. The molecule has 0 atom stereocenters. The molecule has 7 nitrogen and oxygen atoms in total. The van der Waals surface area contributed by atoms with Crippen LogP contribution in [0.15, 0.2) is 24.3 Å². The molecule has 3 N–H and O–H groups in total. The van der Waals surface area contributed by atoms with Gasteiger partial charge in [0.2, 0.25) is 5.91 Å². The number of amides is 2. The van der Waals surface area contributed by atoms with Gasteiger partial charge in [0.1, 0.15) is 10.8 Å². The number of methoxy groups -OCH3 is 1. The number of Topliss-reactive ketones (excluding diaryl/α,β-unsaturated/α-hetero) is 1. The van der Waals surface area contributed by atoms with Crippen molar-refractivity contribution in [3.63, 3.8) is 0 Å². The van der Waals surface area contributed by atoms with Crippen molar-refractivity contribution in [2.75, 3.05) is 32.1 Å². The molecule has 0 radical (unpaired) electrons. The summed E-state index contributed by atoms with van der Waals surface area (Å²) in [5.74, 6) is 0.220. The molecule has 32 heavy (non-hydrogen) atoms. The fraction of sp³-hybridized carbons (Fsp3) is 0.458. The SMILES string of the molecule is COc1ccc(C(=O)C2CCN(CC(=O)Nc3sc4c(c3C(N)=O)CCCC4)CC2)cc1. The number of anilines is 1. The van der Waals surface area contributed by atoms with Crippen LogP contribution in [0.2, 0.25) is 0 Å². The number of benzene rings is 1. The van der Waals surface area contributed by atoms with Crippen LogP contribution >= 0.6 is 11.3 Å². The van der Waals surface area contributed by atoms with E-state index in [1.165, 1.54) is 16.2 Å². The van der Waals surface area contributed by atoms with Crippen LogP contribution in [-0.4, -0.2) is 49.2 Å². The standard InChI is InChI=1S/C24H29N3O4S/c1-31-17-8-6-15(7-9-17)22(29)16-10-12-27(13-11-16)14-20(28)26-24-21(23(25)30)18-4-2-3-5-19(18)32-24/h6-9,16H,2-5,10-14H2,1H3,(H2,25,30)(H,26,28). The number of primary amides is 1. The van der Waals surface area contributed by atoms with E-state index >= 15 is 0 Å². The van der Waals surface area contributed by atoms with Crippen LogP contribution in [0.25, 0.3) is 0 Å². The van der Waals surface area contributed by atoms with E-state index in [-0.39, 0.29) is 24.2 Å². The Morgan fingerprint density at radius 3 is 2.47 bits per heavy atom. The Morgan fingerprint density at radius 2 is 1.81 bits per heavy atom. The molecule has 8 heteroatoms. The number of ketones is 1. The number of rotatable bonds is 7. The number of nitrogens with one attached hydrogen (secondary N) is 1. The maximum absolute atomic E-state index is 12.8. The minimum Gasteiger partial charge on any atom is -0.497 e. The number of hydrogen-bond donors (Lipinski definition) is 2. The summed E-state index contributed by atoms with van der Waals surface area (Å²) in [6, 6.07) is 7.21. The minimum absolute atomic E-state index is 0.0341. The Bertz CT molecular complexity index is 1010. The first-order valence-corrected chi connectivity index (χ1v) is 11.9. The average molecular weight is 456 g/mol. The molecule has 1 aromatic heterocycles. The van der Waals surface area contributed by atoms with Gasteiger partial charge in [0.15, 0.2) is 5.78 Å². The summed E-state index contributed by atoms with van der Waals surface area (Å²) in [5, 5.41) is 3.51. The summed E-state index contributed by atoms with van der Waals surface area (Å²) in [4.78, 5) is 40.7. The van der Waals surface area contributed by atoms with Gasteiger partial charge in [0.25, 0.3) is 5.91 Å². The van der Waals surface area contributed by atoms with Gasteiger partial charge in [0, 0.05) is 16.4 Å². The quantitative estimate of drug-likeness (QED) is 0.624. The lowest BCUT2D eigenvalue weighted by molar-refractivity contribution is -0.117. The first kappa shape index (κ1) is 22.5.